The van der Waals surface area contributed by atoms with Crippen LogP contribution in [0.5, 0.6) is 0 Å². The van der Waals surface area contributed by atoms with E-state index in [1.165, 1.54) is 0 Å². The predicted molar refractivity (Wildman–Crippen MR) is 52.3 cm³/mol. The van der Waals surface area contributed by atoms with Gasteiger partial charge in [-0.25, -0.2) is 5.90 Å². The molecular weight excluding hydrogens is 188 g/mol. The second kappa shape index (κ2) is 3.38. The van der Waals surface area contributed by atoms with Gasteiger partial charge in [0.1, 0.15) is 0 Å². The molecule has 0 aliphatic heterocycles. The Hall–Kier alpha value is -1.03. The molecule has 0 radical (unpaired) electrons. The Labute approximate surface area is 80.4 Å². The topological polar surface area (TPSA) is 51.0 Å². The molecule has 0 aliphatic rings. The van der Waals surface area contributed by atoms with Crippen molar-refractivity contribution in [3.8, 4) is 0 Å². The van der Waals surface area contributed by atoms with Gasteiger partial charge in [0.15, 0.2) is 0 Å². The highest BCUT2D eigenvalue weighted by Crippen LogP contribution is 2.23. The summed E-state index contributed by atoms with van der Waals surface area (Å²) in [6, 6.07) is 5.85. The van der Waals surface area contributed by atoms with Gasteiger partial charge in [0.05, 0.1) is 11.6 Å². The molecule has 0 aliphatic carbocycles. The lowest BCUT2D eigenvalue weighted by Gasteiger charge is -1.98. The van der Waals surface area contributed by atoms with Gasteiger partial charge in [-0.2, -0.15) is 0 Å². The first kappa shape index (κ1) is 8.56. The number of aromatic amines is 1. The van der Waals surface area contributed by atoms with Gasteiger partial charge < -0.3 is 4.98 Å². The van der Waals surface area contributed by atoms with Crippen molar-refractivity contribution in [1.29, 1.82) is 0 Å². The Balaban J connectivity index is 2.50. The molecule has 0 bridgehead atoms. The van der Waals surface area contributed by atoms with Crippen molar-refractivity contribution in [2.24, 2.45) is 5.90 Å². The van der Waals surface area contributed by atoms with Gasteiger partial charge in [-0.3, -0.25) is 4.84 Å². The predicted octanol–water partition coefficient (Wildman–Crippen LogP) is 2.21. The molecule has 0 fully saturated rings. The fraction of sp³-hybridized carbons (Fsp3) is 0.111. The van der Waals surface area contributed by atoms with E-state index < -0.39 is 0 Å². The summed E-state index contributed by atoms with van der Waals surface area (Å²) in [5.41, 5.74) is 2.02. The van der Waals surface area contributed by atoms with Crippen molar-refractivity contribution in [2.75, 3.05) is 0 Å². The zero-order valence-corrected chi connectivity index (χ0v) is 7.64. The highest BCUT2D eigenvalue weighted by Gasteiger charge is 2.01. The Morgan fingerprint density at radius 2 is 2.31 bits per heavy atom. The highest BCUT2D eigenvalue weighted by molar-refractivity contribution is 6.35. The molecule has 1 aromatic heterocycles. The molecule has 0 spiro atoms. The number of fused-ring (bicyclic) bond motifs is 1. The summed E-state index contributed by atoms with van der Waals surface area (Å²) in [4.78, 5) is 7.60. The molecule has 4 heteroatoms. The number of benzene rings is 1. The van der Waals surface area contributed by atoms with Crippen LogP contribution in [0.4, 0.5) is 0 Å². The van der Waals surface area contributed by atoms with Crippen LogP contribution in [0.15, 0.2) is 24.4 Å². The van der Waals surface area contributed by atoms with Crippen molar-refractivity contribution < 1.29 is 4.84 Å². The lowest BCUT2D eigenvalue weighted by atomic mass is 10.2. The lowest BCUT2D eigenvalue weighted by Crippen LogP contribution is -1.98. The van der Waals surface area contributed by atoms with Gasteiger partial charge in [0.2, 0.25) is 0 Å². The number of nitrogens with one attached hydrogen (secondary N) is 1. The van der Waals surface area contributed by atoms with E-state index in [0.29, 0.717) is 6.61 Å². The maximum absolute atomic E-state index is 5.91. The maximum atomic E-state index is 5.91. The Morgan fingerprint density at radius 3 is 3.08 bits per heavy atom. The molecule has 13 heavy (non-hydrogen) atoms. The molecule has 0 atom stereocenters. The molecular formula is C9H9ClN2O. The Bertz CT molecular complexity index is 424. The van der Waals surface area contributed by atoms with Crippen LogP contribution in [-0.2, 0) is 11.4 Å². The van der Waals surface area contributed by atoms with Crippen LogP contribution in [0.2, 0.25) is 5.02 Å². The number of nitrogens with two attached hydrogens (primary N) is 1. The fourth-order valence-corrected chi connectivity index (χ4v) is 1.54. The molecule has 2 aromatic rings. The number of aromatic nitrogens is 1. The number of rotatable bonds is 2. The second-order valence-corrected chi connectivity index (χ2v) is 3.23. The molecule has 1 heterocycles. The SMILES string of the molecule is NOCc1ccc2c(Cl)c[nH]c2c1. The van der Waals surface area contributed by atoms with E-state index in [-0.39, 0.29) is 0 Å². The van der Waals surface area contributed by atoms with Crippen LogP contribution in [-0.4, -0.2) is 4.98 Å². The molecule has 2 rings (SSSR count). The number of H-pyrrole nitrogens is 1. The number of hydrogen-bond acceptors (Lipinski definition) is 2. The quantitative estimate of drug-likeness (QED) is 0.724. The van der Waals surface area contributed by atoms with E-state index in [0.717, 1.165) is 21.5 Å². The molecule has 3 N–H and O–H groups in total. The maximum Gasteiger partial charge on any atom is 0.0930 e. The molecule has 0 saturated carbocycles. The van der Waals surface area contributed by atoms with Crippen LogP contribution in [0, 0.1) is 0 Å². The minimum Gasteiger partial charge on any atom is -0.360 e. The molecule has 0 unspecified atom stereocenters. The summed E-state index contributed by atoms with van der Waals surface area (Å²) >= 11 is 5.91. The van der Waals surface area contributed by atoms with Crippen LogP contribution in [0.25, 0.3) is 10.9 Å². The summed E-state index contributed by atoms with van der Waals surface area (Å²) in [6.45, 7) is 0.409. The van der Waals surface area contributed by atoms with Crippen LogP contribution in [0.3, 0.4) is 0 Å². The van der Waals surface area contributed by atoms with E-state index >= 15 is 0 Å². The van der Waals surface area contributed by atoms with Gasteiger partial charge in [0, 0.05) is 17.1 Å². The summed E-state index contributed by atoms with van der Waals surface area (Å²) in [5, 5.41) is 1.75. The third-order valence-corrected chi connectivity index (χ3v) is 2.26. The summed E-state index contributed by atoms with van der Waals surface area (Å²) in [6.07, 6.45) is 1.76. The van der Waals surface area contributed by atoms with Gasteiger partial charge in [0.25, 0.3) is 0 Å². The Kier molecular flexibility index (Phi) is 2.22. The zero-order chi connectivity index (χ0) is 9.26. The van der Waals surface area contributed by atoms with Gasteiger partial charge in [-0.1, -0.05) is 23.7 Å². The minimum atomic E-state index is 0.409. The zero-order valence-electron chi connectivity index (χ0n) is 6.88. The van der Waals surface area contributed by atoms with Crippen molar-refractivity contribution in [3.05, 3.63) is 35.0 Å². The Morgan fingerprint density at radius 1 is 1.46 bits per heavy atom. The van der Waals surface area contributed by atoms with E-state index in [9.17, 15) is 0 Å². The van der Waals surface area contributed by atoms with E-state index in [1.54, 1.807) is 6.20 Å². The summed E-state index contributed by atoms with van der Waals surface area (Å²) in [5.74, 6) is 4.97. The van der Waals surface area contributed by atoms with Crippen molar-refractivity contribution in [1.82, 2.24) is 4.98 Å². The van der Waals surface area contributed by atoms with E-state index in [2.05, 4.69) is 9.82 Å². The molecule has 0 saturated heterocycles. The summed E-state index contributed by atoms with van der Waals surface area (Å²) in [7, 11) is 0. The third kappa shape index (κ3) is 1.54. The smallest absolute Gasteiger partial charge is 0.0930 e. The van der Waals surface area contributed by atoms with Gasteiger partial charge in [-0.15, -0.1) is 0 Å². The summed E-state index contributed by atoms with van der Waals surface area (Å²) < 4.78 is 0. The fourth-order valence-electron chi connectivity index (χ4n) is 1.32. The van der Waals surface area contributed by atoms with Crippen molar-refractivity contribution in [2.45, 2.75) is 6.61 Å². The van der Waals surface area contributed by atoms with Crippen LogP contribution in [0.1, 0.15) is 5.56 Å². The number of halogens is 1. The monoisotopic (exact) mass is 196 g/mol. The largest absolute Gasteiger partial charge is 0.360 e. The standard InChI is InChI=1S/C9H9ClN2O/c10-8-4-12-9-3-6(5-13-11)1-2-7(8)9/h1-4,12H,5,11H2. The number of hydrogen-bond donors (Lipinski definition) is 2. The van der Waals surface area contributed by atoms with Gasteiger partial charge in [-0.05, 0) is 11.6 Å². The van der Waals surface area contributed by atoms with Crippen molar-refractivity contribution >= 4 is 22.5 Å². The first-order valence-corrected chi connectivity index (χ1v) is 4.26. The van der Waals surface area contributed by atoms with Gasteiger partial charge >= 0.3 is 0 Å². The first-order valence-electron chi connectivity index (χ1n) is 3.88. The minimum absolute atomic E-state index is 0.409. The molecule has 1 aromatic carbocycles. The third-order valence-electron chi connectivity index (χ3n) is 1.95. The van der Waals surface area contributed by atoms with E-state index in [1.807, 2.05) is 18.2 Å². The molecule has 0 amide bonds. The molecule has 3 nitrogen and oxygen atoms in total. The van der Waals surface area contributed by atoms with Crippen molar-refractivity contribution in [3.63, 3.8) is 0 Å². The average Bonchev–Trinajstić information content (AvgIpc) is 2.48. The van der Waals surface area contributed by atoms with Crippen LogP contribution < -0.4 is 5.90 Å². The lowest BCUT2D eigenvalue weighted by molar-refractivity contribution is 0.124. The highest BCUT2D eigenvalue weighted by atomic mass is 35.5. The average molecular weight is 197 g/mol. The second-order valence-electron chi connectivity index (χ2n) is 2.83. The van der Waals surface area contributed by atoms with E-state index in [4.69, 9.17) is 17.5 Å². The molecule has 68 valence electrons. The normalized spacial score (nSPS) is 10.9. The first-order chi connectivity index (χ1) is 6.31. The van der Waals surface area contributed by atoms with Crippen LogP contribution >= 0.6 is 11.6 Å².